The van der Waals surface area contributed by atoms with E-state index in [1.54, 1.807) is 11.3 Å². The van der Waals surface area contributed by atoms with Gasteiger partial charge in [0, 0.05) is 16.3 Å². The quantitative estimate of drug-likeness (QED) is 0.822. The van der Waals surface area contributed by atoms with E-state index >= 15 is 0 Å². The third-order valence-electron chi connectivity index (χ3n) is 3.77. The molecule has 1 N–H and O–H groups in total. The first-order chi connectivity index (χ1) is 8.96. The van der Waals surface area contributed by atoms with Crippen molar-refractivity contribution in [1.29, 1.82) is 0 Å². The SMILES string of the molecule is CNC(c1cc(Br)sc1C)C(C)(C)c1ccccc1. The van der Waals surface area contributed by atoms with Crippen LogP contribution in [0.3, 0.4) is 0 Å². The minimum atomic E-state index is 0.0429. The van der Waals surface area contributed by atoms with E-state index in [1.807, 2.05) is 7.05 Å². The van der Waals surface area contributed by atoms with Crippen LogP contribution in [0.5, 0.6) is 0 Å². The first-order valence-corrected chi connectivity index (χ1v) is 8.06. The highest BCUT2D eigenvalue weighted by atomic mass is 79.9. The van der Waals surface area contributed by atoms with Crippen molar-refractivity contribution in [2.24, 2.45) is 0 Å². The summed E-state index contributed by atoms with van der Waals surface area (Å²) in [5.41, 5.74) is 2.78. The first kappa shape index (κ1) is 14.8. The standard InChI is InChI=1S/C16H20BrNS/c1-11-13(10-14(17)19-11)15(18-4)16(2,3)12-8-6-5-7-9-12/h5-10,15,18H,1-4H3. The van der Waals surface area contributed by atoms with Gasteiger partial charge in [0.25, 0.3) is 0 Å². The number of rotatable bonds is 4. The molecule has 1 unspecified atom stereocenters. The lowest BCUT2D eigenvalue weighted by Crippen LogP contribution is -2.35. The second-order valence-electron chi connectivity index (χ2n) is 5.37. The Bertz CT molecular complexity index is 545. The molecule has 0 saturated heterocycles. The van der Waals surface area contributed by atoms with Gasteiger partial charge in [-0.3, -0.25) is 0 Å². The molecule has 0 amide bonds. The lowest BCUT2D eigenvalue weighted by atomic mass is 9.75. The van der Waals surface area contributed by atoms with Crippen LogP contribution in [0.15, 0.2) is 40.2 Å². The Hall–Kier alpha value is -0.640. The number of benzene rings is 1. The van der Waals surface area contributed by atoms with Crippen LogP contribution in [-0.4, -0.2) is 7.05 Å². The average Bonchev–Trinajstić information content (AvgIpc) is 2.70. The van der Waals surface area contributed by atoms with Crippen molar-refractivity contribution in [1.82, 2.24) is 5.32 Å². The van der Waals surface area contributed by atoms with Crippen molar-refractivity contribution in [2.75, 3.05) is 7.05 Å². The molecule has 0 saturated carbocycles. The van der Waals surface area contributed by atoms with Crippen molar-refractivity contribution in [2.45, 2.75) is 32.2 Å². The van der Waals surface area contributed by atoms with Crippen LogP contribution in [0.25, 0.3) is 0 Å². The van der Waals surface area contributed by atoms with Gasteiger partial charge in [0.15, 0.2) is 0 Å². The summed E-state index contributed by atoms with van der Waals surface area (Å²) in [7, 11) is 2.04. The van der Waals surface area contributed by atoms with E-state index in [-0.39, 0.29) is 5.41 Å². The predicted molar refractivity (Wildman–Crippen MR) is 88.0 cm³/mol. The summed E-state index contributed by atoms with van der Waals surface area (Å²) in [6.07, 6.45) is 0. The van der Waals surface area contributed by atoms with E-state index in [0.29, 0.717) is 6.04 Å². The van der Waals surface area contributed by atoms with E-state index < -0.39 is 0 Å². The highest BCUT2D eigenvalue weighted by molar-refractivity contribution is 9.11. The highest BCUT2D eigenvalue weighted by Crippen LogP contribution is 2.41. The molecule has 0 aliphatic heterocycles. The fraction of sp³-hybridized carbons (Fsp3) is 0.375. The molecule has 2 aromatic rings. The Balaban J connectivity index is 2.44. The molecule has 1 heterocycles. The number of nitrogens with one attached hydrogen (secondary N) is 1. The monoisotopic (exact) mass is 337 g/mol. The molecule has 0 bridgehead atoms. The van der Waals surface area contributed by atoms with Crippen molar-refractivity contribution in [3.63, 3.8) is 0 Å². The molecule has 19 heavy (non-hydrogen) atoms. The maximum absolute atomic E-state index is 3.59. The third-order valence-corrected chi connectivity index (χ3v) is 5.33. The zero-order valence-corrected chi connectivity index (χ0v) is 14.2. The topological polar surface area (TPSA) is 12.0 Å². The summed E-state index contributed by atoms with van der Waals surface area (Å²) in [5.74, 6) is 0. The van der Waals surface area contributed by atoms with E-state index in [2.05, 4.69) is 78.4 Å². The van der Waals surface area contributed by atoms with Crippen LogP contribution in [0.4, 0.5) is 0 Å². The summed E-state index contributed by atoms with van der Waals surface area (Å²) in [6.45, 7) is 6.79. The number of halogens is 1. The van der Waals surface area contributed by atoms with Crippen LogP contribution in [0.1, 0.15) is 35.9 Å². The molecule has 0 aliphatic carbocycles. The van der Waals surface area contributed by atoms with Crippen molar-refractivity contribution in [3.8, 4) is 0 Å². The molecular formula is C16H20BrNS. The minimum Gasteiger partial charge on any atom is -0.312 e. The summed E-state index contributed by atoms with van der Waals surface area (Å²) < 4.78 is 1.20. The molecule has 0 aliphatic rings. The molecule has 0 fully saturated rings. The summed E-state index contributed by atoms with van der Waals surface area (Å²) in [5, 5.41) is 3.50. The average molecular weight is 338 g/mol. The zero-order chi connectivity index (χ0) is 14.0. The molecule has 2 rings (SSSR count). The van der Waals surface area contributed by atoms with E-state index in [1.165, 1.54) is 19.8 Å². The Labute approximate surface area is 128 Å². The van der Waals surface area contributed by atoms with Gasteiger partial charge in [0.1, 0.15) is 0 Å². The third kappa shape index (κ3) is 2.93. The van der Waals surface area contributed by atoms with Gasteiger partial charge in [-0.25, -0.2) is 0 Å². The molecule has 102 valence electrons. The Morgan fingerprint density at radius 3 is 2.32 bits per heavy atom. The Morgan fingerprint density at radius 1 is 1.21 bits per heavy atom. The van der Waals surface area contributed by atoms with Gasteiger partial charge in [0.2, 0.25) is 0 Å². The van der Waals surface area contributed by atoms with E-state index in [9.17, 15) is 0 Å². The van der Waals surface area contributed by atoms with Crippen molar-refractivity contribution >= 4 is 27.3 Å². The smallest absolute Gasteiger partial charge is 0.0704 e. The first-order valence-electron chi connectivity index (χ1n) is 6.45. The van der Waals surface area contributed by atoms with Crippen LogP contribution in [-0.2, 0) is 5.41 Å². The van der Waals surface area contributed by atoms with Gasteiger partial charge in [-0.1, -0.05) is 44.2 Å². The summed E-state index contributed by atoms with van der Waals surface area (Å²) in [4.78, 5) is 1.37. The van der Waals surface area contributed by atoms with E-state index in [0.717, 1.165) is 0 Å². The normalized spacial score (nSPS) is 13.5. The largest absolute Gasteiger partial charge is 0.312 e. The van der Waals surface area contributed by atoms with Gasteiger partial charge in [-0.15, -0.1) is 11.3 Å². The maximum Gasteiger partial charge on any atom is 0.0704 e. The maximum atomic E-state index is 3.59. The molecule has 1 aromatic heterocycles. The highest BCUT2D eigenvalue weighted by Gasteiger charge is 2.32. The zero-order valence-electron chi connectivity index (χ0n) is 11.8. The number of hydrogen-bond acceptors (Lipinski definition) is 2. The van der Waals surface area contributed by atoms with Crippen LogP contribution in [0.2, 0.25) is 0 Å². The summed E-state index contributed by atoms with van der Waals surface area (Å²) in [6, 6.07) is 13.3. The molecular weight excluding hydrogens is 318 g/mol. The number of aryl methyl sites for hydroxylation is 1. The molecule has 1 nitrogen and oxygen atoms in total. The van der Waals surface area contributed by atoms with Gasteiger partial charge < -0.3 is 5.32 Å². The predicted octanol–water partition coefficient (Wildman–Crippen LogP) is 5.06. The van der Waals surface area contributed by atoms with Gasteiger partial charge in [-0.2, -0.15) is 0 Å². The van der Waals surface area contributed by atoms with Gasteiger partial charge in [-0.05, 0) is 47.1 Å². The number of hydrogen-bond donors (Lipinski definition) is 1. The van der Waals surface area contributed by atoms with Gasteiger partial charge >= 0.3 is 0 Å². The fourth-order valence-electron chi connectivity index (χ4n) is 2.68. The Kier molecular flexibility index (Phi) is 4.49. The van der Waals surface area contributed by atoms with Crippen LogP contribution < -0.4 is 5.32 Å². The number of thiophene rings is 1. The molecule has 3 heteroatoms. The fourth-order valence-corrected chi connectivity index (χ4v) is 4.43. The van der Waals surface area contributed by atoms with Crippen LogP contribution >= 0.6 is 27.3 Å². The molecule has 0 radical (unpaired) electrons. The van der Waals surface area contributed by atoms with Crippen molar-refractivity contribution < 1.29 is 0 Å². The van der Waals surface area contributed by atoms with Crippen LogP contribution in [0, 0.1) is 6.92 Å². The summed E-state index contributed by atoms with van der Waals surface area (Å²) >= 11 is 5.40. The molecule has 0 spiro atoms. The molecule has 1 atom stereocenters. The molecule has 1 aromatic carbocycles. The van der Waals surface area contributed by atoms with E-state index in [4.69, 9.17) is 0 Å². The lowest BCUT2D eigenvalue weighted by Gasteiger charge is -2.35. The second-order valence-corrected chi connectivity index (χ2v) is 8.01. The number of likely N-dealkylation sites (N-methyl/N-ethyl adjacent to an activating group) is 1. The Morgan fingerprint density at radius 2 is 1.84 bits per heavy atom. The van der Waals surface area contributed by atoms with Crippen molar-refractivity contribution in [3.05, 3.63) is 56.2 Å². The second kappa shape index (κ2) is 5.78. The van der Waals surface area contributed by atoms with Gasteiger partial charge in [0.05, 0.1) is 3.79 Å². The minimum absolute atomic E-state index is 0.0429. The lowest BCUT2D eigenvalue weighted by molar-refractivity contribution is 0.368.